The zero-order valence-electron chi connectivity index (χ0n) is 11.8. The molecule has 0 bridgehead atoms. The fraction of sp³-hybridized carbons (Fsp3) is 0.467. The number of carbonyl (C=O) groups excluding carboxylic acids is 1. The van der Waals surface area contributed by atoms with E-state index in [2.05, 4.69) is 5.32 Å². The first-order chi connectivity index (χ1) is 9.40. The van der Waals surface area contributed by atoms with Crippen LogP contribution in [0.25, 0.3) is 0 Å². The number of hydrogen-bond donors (Lipinski definition) is 2. The lowest BCUT2D eigenvalue weighted by Gasteiger charge is -2.11. The number of hydrogen-bond acceptors (Lipinski definition) is 2. The van der Waals surface area contributed by atoms with Crippen molar-refractivity contribution in [3.05, 3.63) is 34.3 Å². The molecule has 1 atom stereocenters. The predicted octanol–water partition coefficient (Wildman–Crippen LogP) is 3.27. The second-order valence-corrected chi connectivity index (χ2v) is 5.47. The van der Waals surface area contributed by atoms with Crippen LogP contribution < -0.4 is 5.32 Å². The molecule has 1 rings (SSSR count). The first-order valence-corrected chi connectivity index (χ1v) is 7.04. The van der Waals surface area contributed by atoms with Gasteiger partial charge in [0.05, 0.1) is 10.6 Å². The first-order valence-electron chi connectivity index (χ1n) is 6.66. The molecular weight excluding hydrogens is 278 g/mol. The molecule has 5 heteroatoms. The van der Waals surface area contributed by atoms with Crippen LogP contribution in [0.15, 0.2) is 18.2 Å². The van der Waals surface area contributed by atoms with Crippen molar-refractivity contribution < 1.29 is 14.7 Å². The number of carboxylic acids is 1. The minimum atomic E-state index is -0.785. The van der Waals surface area contributed by atoms with Gasteiger partial charge in [0.25, 0.3) is 5.91 Å². The maximum absolute atomic E-state index is 11.9. The van der Waals surface area contributed by atoms with Crippen molar-refractivity contribution in [1.29, 1.82) is 0 Å². The zero-order chi connectivity index (χ0) is 15.1. The number of benzene rings is 1. The summed E-state index contributed by atoms with van der Waals surface area (Å²) in [5.74, 6) is -0.715. The number of amides is 1. The number of nitrogens with one attached hydrogen (secondary N) is 1. The lowest BCUT2D eigenvalue weighted by Crippen LogP contribution is -2.26. The average Bonchev–Trinajstić information content (AvgIpc) is 2.36. The second-order valence-electron chi connectivity index (χ2n) is 5.07. The van der Waals surface area contributed by atoms with Gasteiger partial charge in [-0.25, -0.2) is 0 Å². The van der Waals surface area contributed by atoms with Crippen molar-refractivity contribution in [3.63, 3.8) is 0 Å². The molecule has 20 heavy (non-hydrogen) atoms. The third-order valence-electron chi connectivity index (χ3n) is 3.14. The number of halogens is 1. The Morgan fingerprint density at radius 2 is 2.05 bits per heavy atom. The molecule has 0 heterocycles. The van der Waals surface area contributed by atoms with Crippen LogP contribution in [0.1, 0.15) is 42.1 Å². The number of carbonyl (C=O) groups is 2. The van der Waals surface area contributed by atoms with E-state index in [1.807, 2.05) is 19.9 Å². The summed E-state index contributed by atoms with van der Waals surface area (Å²) < 4.78 is 0. The van der Waals surface area contributed by atoms with Crippen molar-refractivity contribution in [2.75, 3.05) is 6.54 Å². The molecule has 0 aromatic heterocycles. The van der Waals surface area contributed by atoms with E-state index >= 15 is 0 Å². The third-order valence-corrected chi connectivity index (χ3v) is 3.46. The molecule has 0 aliphatic carbocycles. The van der Waals surface area contributed by atoms with E-state index in [-0.39, 0.29) is 18.2 Å². The van der Waals surface area contributed by atoms with Gasteiger partial charge in [0.2, 0.25) is 0 Å². The van der Waals surface area contributed by atoms with Crippen LogP contribution in [0.4, 0.5) is 0 Å². The highest BCUT2D eigenvalue weighted by molar-refractivity contribution is 6.33. The number of aryl methyl sites for hydroxylation is 1. The molecule has 1 aromatic rings. The lowest BCUT2D eigenvalue weighted by atomic mass is 10.0. The van der Waals surface area contributed by atoms with Gasteiger partial charge < -0.3 is 10.4 Å². The topological polar surface area (TPSA) is 66.4 Å². The summed E-state index contributed by atoms with van der Waals surface area (Å²) in [6.45, 7) is 4.41. The molecule has 0 radical (unpaired) electrons. The minimum absolute atomic E-state index is 0.166. The number of carboxylic acid groups (broad SMARTS) is 1. The molecule has 1 unspecified atom stereocenters. The molecular formula is C15H20ClNO3. The van der Waals surface area contributed by atoms with E-state index in [1.165, 1.54) is 0 Å². The second kappa shape index (κ2) is 7.90. The molecule has 1 aromatic carbocycles. The highest BCUT2D eigenvalue weighted by Gasteiger charge is 2.11. The minimum Gasteiger partial charge on any atom is -0.481 e. The Morgan fingerprint density at radius 1 is 1.35 bits per heavy atom. The summed E-state index contributed by atoms with van der Waals surface area (Å²) in [5, 5.41) is 11.8. The van der Waals surface area contributed by atoms with Crippen LogP contribution in [0.5, 0.6) is 0 Å². The van der Waals surface area contributed by atoms with Gasteiger partial charge in [0, 0.05) is 13.0 Å². The molecule has 1 amide bonds. The number of rotatable bonds is 7. The first kappa shape index (κ1) is 16.5. The van der Waals surface area contributed by atoms with Crippen LogP contribution in [-0.2, 0) is 4.79 Å². The molecule has 2 N–H and O–H groups in total. The van der Waals surface area contributed by atoms with E-state index in [0.717, 1.165) is 12.0 Å². The Balaban J connectivity index is 2.38. The fourth-order valence-electron chi connectivity index (χ4n) is 1.85. The zero-order valence-corrected chi connectivity index (χ0v) is 12.5. The Labute approximate surface area is 124 Å². The van der Waals surface area contributed by atoms with Crippen molar-refractivity contribution in [1.82, 2.24) is 5.32 Å². The molecule has 0 aliphatic rings. The molecule has 0 saturated heterocycles. The van der Waals surface area contributed by atoms with Crippen molar-refractivity contribution >= 4 is 23.5 Å². The van der Waals surface area contributed by atoms with Crippen LogP contribution in [0.2, 0.25) is 5.02 Å². The van der Waals surface area contributed by atoms with Gasteiger partial charge in [-0.05, 0) is 43.4 Å². The van der Waals surface area contributed by atoms with Gasteiger partial charge in [-0.2, -0.15) is 0 Å². The standard InChI is InChI=1S/C15H20ClNO3/c1-10(4-6-14(18)19)7-8-17-15(20)12-5-3-11(2)9-13(12)16/h3,5,9-10H,4,6-8H2,1-2H3,(H,17,20)(H,18,19). The third kappa shape index (κ3) is 5.61. The molecule has 0 saturated carbocycles. The van der Waals surface area contributed by atoms with Gasteiger partial charge >= 0.3 is 5.97 Å². The van der Waals surface area contributed by atoms with Gasteiger partial charge in [-0.15, -0.1) is 0 Å². The number of aliphatic carboxylic acids is 1. The highest BCUT2D eigenvalue weighted by Crippen LogP contribution is 2.17. The molecule has 110 valence electrons. The van der Waals surface area contributed by atoms with Gasteiger partial charge in [-0.1, -0.05) is 24.6 Å². The lowest BCUT2D eigenvalue weighted by molar-refractivity contribution is -0.137. The van der Waals surface area contributed by atoms with E-state index in [9.17, 15) is 9.59 Å². The van der Waals surface area contributed by atoms with Crippen molar-refractivity contribution in [3.8, 4) is 0 Å². The molecule has 0 aliphatic heterocycles. The maximum atomic E-state index is 11.9. The van der Waals surface area contributed by atoms with E-state index in [0.29, 0.717) is 23.6 Å². The van der Waals surface area contributed by atoms with Crippen molar-refractivity contribution in [2.45, 2.75) is 33.1 Å². The SMILES string of the molecule is Cc1ccc(C(=O)NCCC(C)CCC(=O)O)c(Cl)c1. The van der Waals surface area contributed by atoms with Crippen molar-refractivity contribution in [2.24, 2.45) is 5.92 Å². The quantitative estimate of drug-likeness (QED) is 0.811. The summed E-state index contributed by atoms with van der Waals surface area (Å²) in [7, 11) is 0. The monoisotopic (exact) mass is 297 g/mol. The summed E-state index contributed by atoms with van der Waals surface area (Å²) in [4.78, 5) is 22.4. The summed E-state index contributed by atoms with van der Waals surface area (Å²) in [5.41, 5.74) is 1.48. The Morgan fingerprint density at radius 3 is 2.65 bits per heavy atom. The molecule has 4 nitrogen and oxygen atoms in total. The Bertz CT molecular complexity index is 488. The Kier molecular flexibility index (Phi) is 6.52. The molecule has 0 fully saturated rings. The van der Waals surface area contributed by atoms with E-state index < -0.39 is 5.97 Å². The largest absolute Gasteiger partial charge is 0.481 e. The van der Waals surface area contributed by atoms with E-state index in [1.54, 1.807) is 12.1 Å². The van der Waals surface area contributed by atoms with Crippen LogP contribution in [0.3, 0.4) is 0 Å². The van der Waals surface area contributed by atoms with Crippen LogP contribution in [0, 0.1) is 12.8 Å². The summed E-state index contributed by atoms with van der Waals surface area (Å²) in [6.07, 6.45) is 1.54. The highest BCUT2D eigenvalue weighted by atomic mass is 35.5. The predicted molar refractivity (Wildman–Crippen MR) is 79.2 cm³/mol. The summed E-state index contributed by atoms with van der Waals surface area (Å²) >= 11 is 6.02. The smallest absolute Gasteiger partial charge is 0.303 e. The molecule has 0 spiro atoms. The average molecular weight is 298 g/mol. The van der Waals surface area contributed by atoms with Gasteiger partial charge in [-0.3, -0.25) is 9.59 Å². The summed E-state index contributed by atoms with van der Waals surface area (Å²) in [6, 6.07) is 5.31. The van der Waals surface area contributed by atoms with E-state index in [4.69, 9.17) is 16.7 Å². The van der Waals surface area contributed by atoms with Gasteiger partial charge in [0.15, 0.2) is 0 Å². The van der Waals surface area contributed by atoms with Gasteiger partial charge in [0.1, 0.15) is 0 Å². The van der Waals surface area contributed by atoms with Crippen LogP contribution >= 0.6 is 11.6 Å². The Hall–Kier alpha value is -1.55. The fourth-order valence-corrected chi connectivity index (χ4v) is 2.17. The maximum Gasteiger partial charge on any atom is 0.303 e. The van der Waals surface area contributed by atoms with Crippen LogP contribution in [-0.4, -0.2) is 23.5 Å². The normalized spacial score (nSPS) is 11.9.